The van der Waals surface area contributed by atoms with Crippen molar-refractivity contribution in [2.45, 2.75) is 18.8 Å². The monoisotopic (exact) mass is 362 g/mol. The lowest BCUT2D eigenvalue weighted by Crippen LogP contribution is -2.34. The Bertz CT molecular complexity index is 1080. The number of rotatable bonds is 3. The maximum absolute atomic E-state index is 4.78. The summed E-state index contributed by atoms with van der Waals surface area (Å²) in [6, 6.07) is 1.93. The average Bonchev–Trinajstić information content (AvgIpc) is 3.37. The van der Waals surface area contributed by atoms with E-state index < -0.39 is 0 Å². The molecule has 0 aromatic carbocycles. The molecule has 136 valence electrons. The van der Waals surface area contributed by atoms with E-state index in [1.54, 1.807) is 21.6 Å². The summed E-state index contributed by atoms with van der Waals surface area (Å²) < 4.78 is 3.43. The Kier molecular flexibility index (Phi) is 3.73. The highest BCUT2D eigenvalue weighted by atomic mass is 15.5. The molecule has 10 heteroatoms. The smallest absolute Gasteiger partial charge is 0.221 e. The number of nitrogens with zero attached hydrogens (tertiary/aromatic N) is 10. The Morgan fingerprint density at radius 2 is 2.00 bits per heavy atom. The molecule has 5 rings (SSSR count). The Morgan fingerprint density at radius 3 is 2.81 bits per heavy atom. The van der Waals surface area contributed by atoms with Crippen molar-refractivity contribution >= 4 is 11.5 Å². The van der Waals surface area contributed by atoms with Crippen molar-refractivity contribution in [1.82, 2.24) is 44.8 Å². The number of aromatic nitrogens is 9. The first-order chi connectivity index (χ1) is 13.3. The van der Waals surface area contributed by atoms with Gasteiger partial charge in [-0.25, -0.2) is 15.0 Å². The largest absolute Gasteiger partial charge is 0.353 e. The summed E-state index contributed by atoms with van der Waals surface area (Å²) in [6.07, 6.45) is 11.0. The fraction of sp³-hybridized carbons (Fsp3) is 0.353. The molecule has 0 radical (unpaired) electrons. The van der Waals surface area contributed by atoms with Crippen LogP contribution in [0.3, 0.4) is 0 Å². The van der Waals surface area contributed by atoms with Crippen LogP contribution in [0, 0.1) is 0 Å². The number of aryl methyl sites for hydroxylation is 1. The summed E-state index contributed by atoms with van der Waals surface area (Å²) >= 11 is 0. The highest BCUT2D eigenvalue weighted by Crippen LogP contribution is 2.29. The van der Waals surface area contributed by atoms with Gasteiger partial charge in [-0.15, -0.1) is 5.10 Å². The van der Waals surface area contributed by atoms with Gasteiger partial charge in [0.05, 0.1) is 18.1 Å². The summed E-state index contributed by atoms with van der Waals surface area (Å²) in [4.78, 5) is 16.0. The molecule has 5 heterocycles. The van der Waals surface area contributed by atoms with Crippen LogP contribution in [-0.4, -0.2) is 57.9 Å². The molecule has 4 aromatic heterocycles. The average molecular weight is 362 g/mol. The molecule has 1 aliphatic rings. The zero-order chi connectivity index (χ0) is 18.2. The Morgan fingerprint density at radius 1 is 1.11 bits per heavy atom. The highest BCUT2D eigenvalue weighted by molar-refractivity contribution is 5.62. The van der Waals surface area contributed by atoms with Gasteiger partial charge in [-0.05, 0) is 29.3 Å². The van der Waals surface area contributed by atoms with E-state index in [9.17, 15) is 0 Å². The predicted molar refractivity (Wildman–Crippen MR) is 97.0 cm³/mol. The maximum atomic E-state index is 4.78. The molecule has 0 bridgehead atoms. The van der Waals surface area contributed by atoms with Crippen LogP contribution >= 0.6 is 0 Å². The first-order valence-corrected chi connectivity index (χ1v) is 8.87. The van der Waals surface area contributed by atoms with Gasteiger partial charge in [0.25, 0.3) is 0 Å². The summed E-state index contributed by atoms with van der Waals surface area (Å²) in [5.74, 6) is 2.05. The van der Waals surface area contributed by atoms with Gasteiger partial charge in [0, 0.05) is 50.2 Å². The second-order valence-electron chi connectivity index (χ2n) is 6.66. The Hall–Kier alpha value is -3.43. The Balaban J connectivity index is 1.34. The van der Waals surface area contributed by atoms with Gasteiger partial charge >= 0.3 is 0 Å². The van der Waals surface area contributed by atoms with Crippen LogP contribution in [0.2, 0.25) is 0 Å². The van der Waals surface area contributed by atoms with Gasteiger partial charge < -0.3 is 4.90 Å². The van der Waals surface area contributed by atoms with Crippen LogP contribution in [0.4, 0.5) is 5.82 Å². The van der Waals surface area contributed by atoms with Crippen molar-refractivity contribution in [1.29, 1.82) is 0 Å². The number of tetrazole rings is 1. The Labute approximate surface area is 154 Å². The van der Waals surface area contributed by atoms with Crippen LogP contribution in [0.25, 0.3) is 16.9 Å². The minimum Gasteiger partial charge on any atom is -0.353 e. The molecular weight excluding hydrogens is 344 g/mol. The number of piperidine rings is 1. The lowest BCUT2D eigenvalue weighted by molar-refractivity contribution is 0.484. The number of hydrogen-bond acceptors (Lipinski definition) is 8. The number of fused-ring (bicyclic) bond motifs is 1. The van der Waals surface area contributed by atoms with E-state index in [0.29, 0.717) is 11.6 Å². The first kappa shape index (κ1) is 15.8. The van der Waals surface area contributed by atoms with Crippen LogP contribution < -0.4 is 4.90 Å². The third-order valence-electron chi connectivity index (χ3n) is 4.93. The fourth-order valence-electron chi connectivity index (χ4n) is 3.52. The fourth-order valence-corrected chi connectivity index (χ4v) is 3.52. The molecule has 0 spiro atoms. The molecule has 0 unspecified atom stereocenters. The maximum Gasteiger partial charge on any atom is 0.221 e. The molecule has 4 aromatic rings. The van der Waals surface area contributed by atoms with Gasteiger partial charge in [0.2, 0.25) is 5.65 Å². The molecule has 0 aliphatic carbocycles. The zero-order valence-corrected chi connectivity index (χ0v) is 14.8. The topological polar surface area (TPSA) is 103 Å². The summed E-state index contributed by atoms with van der Waals surface area (Å²) in [7, 11) is 1.90. The van der Waals surface area contributed by atoms with Gasteiger partial charge in [0.1, 0.15) is 5.82 Å². The first-order valence-electron chi connectivity index (χ1n) is 8.87. The van der Waals surface area contributed by atoms with E-state index >= 15 is 0 Å². The minimum absolute atomic E-state index is 0.327. The second kappa shape index (κ2) is 6.38. The van der Waals surface area contributed by atoms with Crippen LogP contribution in [0.5, 0.6) is 0 Å². The van der Waals surface area contributed by atoms with Crippen molar-refractivity contribution in [3.63, 3.8) is 0 Å². The van der Waals surface area contributed by atoms with E-state index in [0.717, 1.165) is 48.8 Å². The molecule has 0 N–H and O–H groups in total. The molecule has 0 saturated carbocycles. The highest BCUT2D eigenvalue weighted by Gasteiger charge is 2.25. The van der Waals surface area contributed by atoms with Crippen LogP contribution in [0.1, 0.15) is 24.6 Å². The van der Waals surface area contributed by atoms with E-state index in [2.05, 4.69) is 35.5 Å². The SMILES string of the molecule is Cn1cc(-c2ccnc(C3CCN(c4nccn5nnnc45)CC3)n2)cn1. The van der Waals surface area contributed by atoms with Crippen molar-refractivity contribution in [3.05, 3.63) is 42.9 Å². The second-order valence-corrected chi connectivity index (χ2v) is 6.66. The molecule has 10 nitrogen and oxygen atoms in total. The minimum atomic E-state index is 0.327. The molecule has 0 atom stereocenters. The molecule has 1 fully saturated rings. The van der Waals surface area contributed by atoms with Crippen molar-refractivity contribution in [2.75, 3.05) is 18.0 Å². The predicted octanol–water partition coefficient (Wildman–Crippen LogP) is 1.09. The third kappa shape index (κ3) is 2.88. The zero-order valence-electron chi connectivity index (χ0n) is 14.8. The van der Waals surface area contributed by atoms with Crippen LogP contribution in [0.15, 0.2) is 37.1 Å². The summed E-state index contributed by atoms with van der Waals surface area (Å²) in [5, 5.41) is 16.0. The molecule has 1 aliphatic heterocycles. The third-order valence-corrected chi connectivity index (χ3v) is 4.93. The lowest BCUT2D eigenvalue weighted by atomic mass is 9.95. The van der Waals surface area contributed by atoms with Gasteiger partial charge in [-0.3, -0.25) is 4.68 Å². The van der Waals surface area contributed by atoms with E-state index in [1.165, 1.54) is 0 Å². The molecule has 1 saturated heterocycles. The van der Waals surface area contributed by atoms with Gasteiger partial charge in [0.15, 0.2) is 5.82 Å². The van der Waals surface area contributed by atoms with E-state index in [1.807, 2.05) is 31.7 Å². The summed E-state index contributed by atoms with van der Waals surface area (Å²) in [6.45, 7) is 1.73. The van der Waals surface area contributed by atoms with Crippen molar-refractivity contribution in [2.24, 2.45) is 7.05 Å². The normalized spacial score (nSPS) is 15.5. The van der Waals surface area contributed by atoms with Gasteiger partial charge in [-0.1, -0.05) is 0 Å². The van der Waals surface area contributed by atoms with Crippen molar-refractivity contribution in [3.8, 4) is 11.3 Å². The number of anilines is 1. The van der Waals surface area contributed by atoms with Gasteiger partial charge in [-0.2, -0.15) is 9.61 Å². The molecule has 0 amide bonds. The lowest BCUT2D eigenvalue weighted by Gasteiger charge is -2.31. The number of hydrogen-bond donors (Lipinski definition) is 0. The van der Waals surface area contributed by atoms with E-state index in [4.69, 9.17) is 4.98 Å². The standard InChI is InChI=1S/C17H18N10/c1-25-11-13(10-20-25)14-2-5-18-15(21-14)12-3-7-26(8-4-12)16-17-22-23-24-27(17)9-6-19-16/h2,5-6,9-12H,3-4,7-8H2,1H3. The molecular formula is C17H18N10. The quantitative estimate of drug-likeness (QED) is 0.534. The van der Waals surface area contributed by atoms with Crippen LogP contribution in [-0.2, 0) is 7.05 Å². The molecule has 27 heavy (non-hydrogen) atoms. The van der Waals surface area contributed by atoms with Crippen molar-refractivity contribution < 1.29 is 0 Å². The van der Waals surface area contributed by atoms with E-state index in [-0.39, 0.29) is 0 Å². The summed E-state index contributed by atoms with van der Waals surface area (Å²) in [5.41, 5.74) is 2.61.